The van der Waals surface area contributed by atoms with Crippen LogP contribution in [-0.4, -0.2) is 21.4 Å². The van der Waals surface area contributed by atoms with Crippen LogP contribution in [0, 0.1) is 5.82 Å². The number of carbonyl (C=O) groups is 2. The highest BCUT2D eigenvalue weighted by Gasteiger charge is 2.13. The van der Waals surface area contributed by atoms with Crippen LogP contribution >= 0.6 is 0 Å². The van der Waals surface area contributed by atoms with E-state index in [1.807, 2.05) is 6.07 Å². The van der Waals surface area contributed by atoms with Gasteiger partial charge in [0.2, 0.25) is 5.91 Å². The van der Waals surface area contributed by atoms with Crippen molar-refractivity contribution in [1.29, 1.82) is 0 Å². The van der Waals surface area contributed by atoms with Crippen molar-refractivity contribution in [3.8, 4) is 0 Å². The van der Waals surface area contributed by atoms with Gasteiger partial charge in [-0.15, -0.1) is 0 Å². The van der Waals surface area contributed by atoms with E-state index in [1.54, 1.807) is 25.3 Å². The van der Waals surface area contributed by atoms with Crippen LogP contribution in [0.4, 0.5) is 10.1 Å². The van der Waals surface area contributed by atoms with Crippen molar-refractivity contribution in [2.45, 2.75) is 19.5 Å². The molecule has 0 spiro atoms. The summed E-state index contributed by atoms with van der Waals surface area (Å²) in [7, 11) is 0. The predicted octanol–water partition coefficient (Wildman–Crippen LogP) is 2.51. The highest BCUT2D eigenvalue weighted by Crippen LogP contribution is 2.10. The maximum Gasteiger partial charge on any atom is 0.257 e. The number of carbonyl (C=O) groups excluding carboxylic acids is 2. The Morgan fingerprint density at radius 2 is 1.86 bits per heavy atom. The fourth-order valence-electron chi connectivity index (χ4n) is 2.67. The Kier molecular flexibility index (Phi) is 6.13. The quantitative estimate of drug-likeness (QED) is 0.672. The highest BCUT2D eigenvalue weighted by atomic mass is 19.1. The average molecular weight is 394 g/mol. The first-order chi connectivity index (χ1) is 13.9. The molecule has 8 heteroatoms. The molecule has 3 rings (SSSR count). The summed E-state index contributed by atoms with van der Waals surface area (Å²) in [6, 6.07) is 12.9. The number of nitrogens with zero attached hydrogens (tertiary/aromatic N) is 2. The molecule has 1 aromatic carbocycles. The summed E-state index contributed by atoms with van der Waals surface area (Å²) < 4.78 is 14.1. The summed E-state index contributed by atoms with van der Waals surface area (Å²) >= 11 is 0. The molecule has 29 heavy (non-hydrogen) atoms. The van der Waals surface area contributed by atoms with Crippen LogP contribution in [0.25, 0.3) is 0 Å². The second-order valence-electron chi connectivity index (χ2n) is 6.39. The zero-order chi connectivity index (χ0) is 20.8. The number of amides is 2. The van der Waals surface area contributed by atoms with Crippen LogP contribution in [0.1, 0.15) is 29.0 Å². The molecule has 2 heterocycles. The molecule has 2 amide bonds. The summed E-state index contributed by atoms with van der Waals surface area (Å²) in [6.45, 7) is 1.54. The maximum absolute atomic E-state index is 13.0. The fraction of sp³-hybridized carbons (Fsp3) is 0.143. The van der Waals surface area contributed by atoms with Gasteiger partial charge in [-0.2, -0.15) is 0 Å². The Balaban J connectivity index is 1.68. The molecule has 2 N–H and O–H groups in total. The lowest BCUT2D eigenvalue weighted by Crippen LogP contribution is -2.34. The van der Waals surface area contributed by atoms with Gasteiger partial charge in [0.15, 0.2) is 0 Å². The van der Waals surface area contributed by atoms with Gasteiger partial charge in [-0.1, -0.05) is 6.07 Å². The van der Waals surface area contributed by atoms with E-state index in [1.165, 1.54) is 42.6 Å². The molecule has 0 fully saturated rings. The number of anilines is 1. The number of pyridine rings is 2. The molecule has 0 saturated carbocycles. The largest absolute Gasteiger partial charge is 0.346 e. The van der Waals surface area contributed by atoms with Crippen LogP contribution in [0.3, 0.4) is 0 Å². The van der Waals surface area contributed by atoms with Gasteiger partial charge >= 0.3 is 0 Å². The van der Waals surface area contributed by atoms with E-state index in [9.17, 15) is 18.8 Å². The monoisotopic (exact) mass is 394 g/mol. The SMILES string of the molecule is C[C@@H](NC(=O)Cn1cc(C(=O)Nc2ccc(F)cc2)ccc1=O)c1ccccn1. The normalized spacial score (nSPS) is 11.5. The van der Waals surface area contributed by atoms with Crippen molar-refractivity contribution < 1.29 is 14.0 Å². The zero-order valence-corrected chi connectivity index (χ0v) is 15.6. The number of hydrogen-bond donors (Lipinski definition) is 2. The molecular formula is C21H19FN4O3. The molecule has 0 unspecified atom stereocenters. The first-order valence-corrected chi connectivity index (χ1v) is 8.90. The number of nitrogens with one attached hydrogen (secondary N) is 2. The Hall–Kier alpha value is -3.81. The standard InChI is InChI=1S/C21H19FN4O3/c1-14(18-4-2-3-11-23-18)24-19(27)13-26-12-15(5-10-20(26)28)21(29)25-17-8-6-16(22)7-9-17/h2-12,14H,13H2,1H3,(H,24,27)(H,25,29)/t14-/m1/s1. The molecule has 0 saturated heterocycles. The number of benzene rings is 1. The van der Waals surface area contributed by atoms with Crippen LogP contribution in [0.5, 0.6) is 0 Å². The van der Waals surface area contributed by atoms with E-state index in [-0.39, 0.29) is 24.1 Å². The minimum atomic E-state index is -0.479. The van der Waals surface area contributed by atoms with Crippen molar-refractivity contribution >= 4 is 17.5 Å². The second-order valence-corrected chi connectivity index (χ2v) is 6.39. The van der Waals surface area contributed by atoms with Crippen LogP contribution in [-0.2, 0) is 11.3 Å². The first kappa shape index (κ1) is 19.9. The molecule has 148 valence electrons. The van der Waals surface area contributed by atoms with Crippen molar-refractivity contribution in [3.05, 3.63) is 94.4 Å². The van der Waals surface area contributed by atoms with E-state index < -0.39 is 17.3 Å². The predicted molar refractivity (Wildman–Crippen MR) is 106 cm³/mol. The molecule has 1 atom stereocenters. The molecular weight excluding hydrogens is 375 g/mol. The third-order valence-electron chi connectivity index (χ3n) is 4.17. The lowest BCUT2D eigenvalue weighted by Gasteiger charge is -2.14. The Morgan fingerprint density at radius 1 is 1.10 bits per heavy atom. The molecule has 3 aromatic rings. The fourth-order valence-corrected chi connectivity index (χ4v) is 2.67. The number of rotatable bonds is 6. The van der Waals surface area contributed by atoms with Gasteiger partial charge in [-0.05, 0) is 49.4 Å². The third kappa shape index (κ3) is 5.35. The van der Waals surface area contributed by atoms with Gasteiger partial charge in [-0.3, -0.25) is 19.4 Å². The zero-order valence-electron chi connectivity index (χ0n) is 15.6. The van der Waals surface area contributed by atoms with Gasteiger partial charge in [0, 0.05) is 24.1 Å². The minimum absolute atomic E-state index is 0.194. The Bertz CT molecular complexity index is 1070. The molecule has 0 radical (unpaired) electrons. The van der Waals surface area contributed by atoms with Crippen molar-refractivity contribution in [1.82, 2.24) is 14.9 Å². The van der Waals surface area contributed by atoms with E-state index in [0.29, 0.717) is 11.4 Å². The maximum atomic E-state index is 13.0. The number of halogens is 1. The van der Waals surface area contributed by atoms with Crippen LogP contribution in [0.15, 0.2) is 71.8 Å². The topological polar surface area (TPSA) is 93.1 Å². The molecule has 0 aliphatic rings. The molecule has 0 aliphatic carbocycles. The summed E-state index contributed by atoms with van der Waals surface area (Å²) in [6.07, 6.45) is 2.94. The summed E-state index contributed by atoms with van der Waals surface area (Å²) in [5.41, 5.74) is 0.889. The van der Waals surface area contributed by atoms with Crippen molar-refractivity contribution in [2.24, 2.45) is 0 Å². The third-order valence-corrected chi connectivity index (χ3v) is 4.17. The van der Waals surface area contributed by atoms with Gasteiger partial charge in [0.05, 0.1) is 17.3 Å². The lowest BCUT2D eigenvalue weighted by atomic mass is 10.2. The van der Waals surface area contributed by atoms with Gasteiger partial charge in [-0.25, -0.2) is 4.39 Å². The second kappa shape index (κ2) is 8.92. The number of hydrogen-bond acceptors (Lipinski definition) is 4. The summed E-state index contributed by atoms with van der Waals surface area (Å²) in [4.78, 5) is 41.0. The van der Waals surface area contributed by atoms with Gasteiger partial charge in [0.25, 0.3) is 11.5 Å². The van der Waals surface area contributed by atoms with E-state index in [0.717, 1.165) is 4.57 Å². The summed E-state index contributed by atoms with van der Waals surface area (Å²) in [5.74, 6) is -1.28. The van der Waals surface area contributed by atoms with Crippen molar-refractivity contribution in [2.75, 3.05) is 5.32 Å². The lowest BCUT2D eigenvalue weighted by molar-refractivity contribution is -0.122. The van der Waals surface area contributed by atoms with E-state index in [2.05, 4.69) is 15.6 Å². The van der Waals surface area contributed by atoms with Crippen LogP contribution < -0.4 is 16.2 Å². The smallest absolute Gasteiger partial charge is 0.257 e. The van der Waals surface area contributed by atoms with E-state index in [4.69, 9.17) is 0 Å². The van der Waals surface area contributed by atoms with Crippen molar-refractivity contribution in [3.63, 3.8) is 0 Å². The average Bonchev–Trinajstić information content (AvgIpc) is 2.72. The Morgan fingerprint density at radius 3 is 2.55 bits per heavy atom. The molecule has 7 nitrogen and oxygen atoms in total. The van der Waals surface area contributed by atoms with Gasteiger partial charge < -0.3 is 15.2 Å². The van der Waals surface area contributed by atoms with Crippen LogP contribution in [0.2, 0.25) is 0 Å². The summed E-state index contributed by atoms with van der Waals surface area (Å²) in [5, 5.41) is 5.38. The Labute approximate surface area is 166 Å². The first-order valence-electron chi connectivity index (χ1n) is 8.90. The van der Waals surface area contributed by atoms with Gasteiger partial charge in [0.1, 0.15) is 12.4 Å². The number of aromatic nitrogens is 2. The molecule has 0 aliphatic heterocycles. The molecule has 0 bridgehead atoms. The molecule has 2 aromatic heterocycles. The highest BCUT2D eigenvalue weighted by molar-refractivity contribution is 6.04. The van der Waals surface area contributed by atoms with E-state index >= 15 is 0 Å². The minimum Gasteiger partial charge on any atom is -0.346 e.